The van der Waals surface area contributed by atoms with E-state index in [1.165, 1.54) is 11.1 Å². The average Bonchev–Trinajstić information content (AvgIpc) is 2.87. The maximum absolute atomic E-state index is 11.4. The van der Waals surface area contributed by atoms with Crippen LogP contribution in [0.3, 0.4) is 0 Å². The summed E-state index contributed by atoms with van der Waals surface area (Å²) in [5.74, 6) is 0.940. The molecule has 1 aliphatic rings. The summed E-state index contributed by atoms with van der Waals surface area (Å²) in [6, 6.07) is 14.2. The lowest BCUT2D eigenvalue weighted by atomic mass is 10.0. The lowest BCUT2D eigenvalue weighted by Gasteiger charge is -2.12. The summed E-state index contributed by atoms with van der Waals surface area (Å²) >= 11 is 3.75. The predicted octanol–water partition coefficient (Wildman–Crippen LogP) is 3.87. The Morgan fingerprint density at radius 1 is 1.24 bits per heavy atom. The van der Waals surface area contributed by atoms with E-state index in [9.17, 15) is 4.79 Å². The highest BCUT2D eigenvalue weighted by Crippen LogP contribution is 2.32. The van der Waals surface area contributed by atoms with Crippen molar-refractivity contribution in [3.8, 4) is 5.75 Å². The molecule has 0 aliphatic carbocycles. The van der Waals surface area contributed by atoms with Crippen LogP contribution in [0.4, 0.5) is 5.69 Å². The van der Waals surface area contributed by atoms with Crippen molar-refractivity contribution in [1.82, 2.24) is 0 Å². The van der Waals surface area contributed by atoms with Gasteiger partial charge in [0.05, 0.1) is 13.5 Å². The van der Waals surface area contributed by atoms with Crippen LogP contribution in [0, 0.1) is 0 Å². The van der Waals surface area contributed by atoms with Crippen LogP contribution in [0.2, 0.25) is 0 Å². The molecule has 1 unspecified atom stereocenters. The second-order valence-corrected chi connectivity index (χ2v) is 6.27. The molecule has 1 N–H and O–H groups in total. The number of carbonyl (C=O) groups is 1. The summed E-state index contributed by atoms with van der Waals surface area (Å²) in [5.41, 5.74) is 4.46. The van der Waals surface area contributed by atoms with Crippen LogP contribution in [-0.2, 0) is 17.6 Å². The van der Waals surface area contributed by atoms with Gasteiger partial charge in [-0.2, -0.15) is 0 Å². The van der Waals surface area contributed by atoms with Crippen LogP contribution in [0.25, 0.3) is 0 Å². The molecule has 0 fully saturated rings. The summed E-state index contributed by atoms with van der Waals surface area (Å²) in [6.07, 6.45) is 1.37. The number of carbonyl (C=O) groups excluding carboxylic acids is 1. The van der Waals surface area contributed by atoms with E-state index in [1.807, 2.05) is 18.2 Å². The summed E-state index contributed by atoms with van der Waals surface area (Å²) < 4.78 is 5.17. The molecule has 0 saturated heterocycles. The van der Waals surface area contributed by atoms with Gasteiger partial charge in [-0.05, 0) is 41.3 Å². The molecule has 21 heavy (non-hydrogen) atoms. The number of alkyl halides is 1. The van der Waals surface area contributed by atoms with Crippen LogP contribution in [-0.4, -0.2) is 13.0 Å². The van der Waals surface area contributed by atoms with E-state index in [1.54, 1.807) is 7.11 Å². The van der Waals surface area contributed by atoms with Crippen molar-refractivity contribution >= 4 is 27.5 Å². The molecule has 1 heterocycles. The predicted molar refractivity (Wildman–Crippen MR) is 87.1 cm³/mol. The number of ether oxygens (including phenoxy) is 1. The van der Waals surface area contributed by atoms with Gasteiger partial charge in [0.1, 0.15) is 5.75 Å². The van der Waals surface area contributed by atoms with Crippen molar-refractivity contribution in [2.45, 2.75) is 17.7 Å². The number of methoxy groups -OCH3 is 1. The molecule has 0 bridgehead atoms. The molecule has 1 aliphatic heterocycles. The molecule has 1 amide bonds. The number of anilines is 1. The van der Waals surface area contributed by atoms with Crippen molar-refractivity contribution in [1.29, 1.82) is 0 Å². The zero-order valence-electron chi connectivity index (χ0n) is 11.7. The summed E-state index contributed by atoms with van der Waals surface area (Å²) in [4.78, 5) is 11.6. The minimum absolute atomic E-state index is 0.0726. The quantitative estimate of drug-likeness (QED) is 0.854. The van der Waals surface area contributed by atoms with Crippen LogP contribution in [0.15, 0.2) is 42.5 Å². The number of benzene rings is 2. The van der Waals surface area contributed by atoms with E-state index in [-0.39, 0.29) is 10.7 Å². The van der Waals surface area contributed by atoms with Gasteiger partial charge in [0.15, 0.2) is 0 Å². The van der Waals surface area contributed by atoms with Gasteiger partial charge in [0.25, 0.3) is 0 Å². The fraction of sp³-hybridized carbons (Fsp3) is 0.235. The van der Waals surface area contributed by atoms with E-state index in [0.29, 0.717) is 6.42 Å². The van der Waals surface area contributed by atoms with Crippen molar-refractivity contribution in [3.63, 3.8) is 0 Å². The Bertz CT molecular complexity index is 667. The number of rotatable bonds is 4. The fourth-order valence-electron chi connectivity index (χ4n) is 2.53. The number of hydrogen-bond acceptors (Lipinski definition) is 2. The molecule has 2 aromatic carbocycles. The smallest absolute Gasteiger partial charge is 0.228 e. The number of fused-ring (bicyclic) bond motifs is 1. The average molecular weight is 346 g/mol. The van der Waals surface area contributed by atoms with Gasteiger partial charge in [-0.15, -0.1) is 0 Å². The first-order valence-corrected chi connectivity index (χ1v) is 7.77. The summed E-state index contributed by atoms with van der Waals surface area (Å²) in [7, 11) is 1.67. The second-order valence-electron chi connectivity index (χ2n) is 5.16. The monoisotopic (exact) mass is 345 g/mol. The fourth-order valence-corrected chi connectivity index (χ4v) is 3.19. The van der Waals surface area contributed by atoms with E-state index in [0.717, 1.165) is 23.4 Å². The molecule has 4 heteroatoms. The number of halogens is 1. The van der Waals surface area contributed by atoms with Crippen molar-refractivity contribution in [2.24, 2.45) is 0 Å². The Balaban J connectivity index is 1.74. The zero-order valence-corrected chi connectivity index (χ0v) is 13.3. The van der Waals surface area contributed by atoms with Gasteiger partial charge in [0, 0.05) is 10.5 Å². The topological polar surface area (TPSA) is 38.3 Å². The zero-order chi connectivity index (χ0) is 14.8. The Kier molecular flexibility index (Phi) is 3.97. The highest BCUT2D eigenvalue weighted by molar-refractivity contribution is 9.09. The van der Waals surface area contributed by atoms with Gasteiger partial charge >= 0.3 is 0 Å². The third kappa shape index (κ3) is 3.10. The molecule has 0 spiro atoms. The SMILES string of the molecule is COc1ccc(CC(Br)c2ccc3c(c2)CC(=O)N3)cc1. The first-order chi connectivity index (χ1) is 10.2. The largest absolute Gasteiger partial charge is 0.497 e. The van der Waals surface area contributed by atoms with Gasteiger partial charge < -0.3 is 10.1 Å². The third-order valence-electron chi connectivity index (χ3n) is 3.69. The molecular weight excluding hydrogens is 330 g/mol. The molecule has 0 saturated carbocycles. The van der Waals surface area contributed by atoms with Crippen LogP contribution in [0.1, 0.15) is 21.5 Å². The molecular formula is C17H16BrNO2. The van der Waals surface area contributed by atoms with Gasteiger partial charge in [-0.3, -0.25) is 4.79 Å². The summed E-state index contributed by atoms with van der Waals surface area (Å²) in [5, 5.41) is 2.86. The van der Waals surface area contributed by atoms with E-state index in [2.05, 4.69) is 45.5 Å². The van der Waals surface area contributed by atoms with Crippen LogP contribution < -0.4 is 10.1 Å². The summed E-state index contributed by atoms with van der Waals surface area (Å²) in [6.45, 7) is 0. The lowest BCUT2D eigenvalue weighted by Crippen LogP contribution is -2.03. The second kappa shape index (κ2) is 5.90. The van der Waals surface area contributed by atoms with Crippen molar-refractivity contribution in [2.75, 3.05) is 12.4 Å². The van der Waals surface area contributed by atoms with Crippen molar-refractivity contribution < 1.29 is 9.53 Å². The van der Waals surface area contributed by atoms with Crippen LogP contribution >= 0.6 is 15.9 Å². The first-order valence-electron chi connectivity index (χ1n) is 6.85. The van der Waals surface area contributed by atoms with Gasteiger partial charge in [-0.25, -0.2) is 0 Å². The van der Waals surface area contributed by atoms with Crippen molar-refractivity contribution in [3.05, 3.63) is 59.2 Å². The van der Waals surface area contributed by atoms with E-state index < -0.39 is 0 Å². The molecule has 1 atom stereocenters. The minimum atomic E-state index is 0.0726. The van der Waals surface area contributed by atoms with Gasteiger partial charge in [0.2, 0.25) is 5.91 Å². The minimum Gasteiger partial charge on any atom is -0.497 e. The number of hydrogen-bond donors (Lipinski definition) is 1. The molecule has 3 rings (SSSR count). The third-order valence-corrected chi connectivity index (χ3v) is 4.54. The van der Waals surface area contributed by atoms with E-state index >= 15 is 0 Å². The highest BCUT2D eigenvalue weighted by atomic mass is 79.9. The normalized spacial score (nSPS) is 14.5. The molecule has 0 aromatic heterocycles. The lowest BCUT2D eigenvalue weighted by molar-refractivity contribution is -0.115. The maximum Gasteiger partial charge on any atom is 0.228 e. The molecule has 3 nitrogen and oxygen atoms in total. The number of amides is 1. The Morgan fingerprint density at radius 2 is 2.00 bits per heavy atom. The van der Waals surface area contributed by atoms with E-state index in [4.69, 9.17) is 4.74 Å². The first kappa shape index (κ1) is 14.1. The van der Waals surface area contributed by atoms with Crippen LogP contribution in [0.5, 0.6) is 5.75 Å². The standard InChI is InChI=1S/C17H16BrNO2/c1-21-14-5-2-11(3-6-14)8-15(18)12-4-7-16-13(9-12)10-17(20)19-16/h2-7,9,15H,8,10H2,1H3,(H,19,20). The number of nitrogens with one attached hydrogen (secondary N) is 1. The maximum atomic E-state index is 11.4. The van der Waals surface area contributed by atoms with Gasteiger partial charge in [-0.1, -0.05) is 40.2 Å². The molecule has 2 aromatic rings. The Labute approximate surface area is 132 Å². The molecule has 0 radical (unpaired) electrons. The molecule has 108 valence electrons. The highest BCUT2D eigenvalue weighted by Gasteiger charge is 2.19. The Hall–Kier alpha value is -1.81. The Morgan fingerprint density at radius 3 is 2.71 bits per heavy atom.